The standard InChI is InChI=1S/C15H22ClNO.ClH/c1-2-18-15-9-8-13(16)10-12(15)11-17-14-6-4-3-5-7-14;/h8-10,14,17H,2-7,11H2,1H3;1H. The summed E-state index contributed by atoms with van der Waals surface area (Å²) in [5.74, 6) is 0.949. The predicted octanol–water partition coefficient (Wildman–Crippen LogP) is 4.58. The monoisotopic (exact) mass is 303 g/mol. The number of rotatable bonds is 5. The van der Waals surface area contributed by atoms with Crippen LogP contribution in [0.25, 0.3) is 0 Å². The summed E-state index contributed by atoms with van der Waals surface area (Å²) in [4.78, 5) is 0. The molecule has 108 valence electrons. The van der Waals surface area contributed by atoms with E-state index >= 15 is 0 Å². The highest BCUT2D eigenvalue weighted by Crippen LogP contribution is 2.24. The van der Waals surface area contributed by atoms with Crippen LogP contribution in [0.3, 0.4) is 0 Å². The van der Waals surface area contributed by atoms with Crippen molar-refractivity contribution in [1.82, 2.24) is 5.32 Å². The van der Waals surface area contributed by atoms with Crippen molar-refractivity contribution in [1.29, 1.82) is 0 Å². The number of halogens is 2. The summed E-state index contributed by atoms with van der Waals surface area (Å²) in [7, 11) is 0. The minimum Gasteiger partial charge on any atom is -0.494 e. The molecule has 1 aliphatic rings. The second kappa shape index (κ2) is 8.68. The van der Waals surface area contributed by atoms with Crippen LogP contribution in [-0.2, 0) is 6.54 Å². The maximum absolute atomic E-state index is 6.06. The first kappa shape index (κ1) is 16.6. The molecule has 4 heteroatoms. The third-order valence-electron chi connectivity index (χ3n) is 3.51. The SMILES string of the molecule is CCOc1ccc(Cl)cc1CNC1CCCCC1.Cl. The lowest BCUT2D eigenvalue weighted by Crippen LogP contribution is -2.30. The Bertz CT molecular complexity index is 378. The molecule has 1 fully saturated rings. The van der Waals surface area contributed by atoms with Crippen molar-refractivity contribution >= 4 is 24.0 Å². The Morgan fingerprint density at radius 1 is 1.26 bits per heavy atom. The molecule has 0 atom stereocenters. The summed E-state index contributed by atoms with van der Waals surface area (Å²) in [6, 6.07) is 6.51. The predicted molar refractivity (Wildman–Crippen MR) is 83.6 cm³/mol. The molecule has 1 aromatic rings. The van der Waals surface area contributed by atoms with Gasteiger partial charge in [0.2, 0.25) is 0 Å². The van der Waals surface area contributed by atoms with Gasteiger partial charge in [-0.15, -0.1) is 12.4 Å². The number of benzene rings is 1. The molecule has 0 heterocycles. The molecule has 1 N–H and O–H groups in total. The van der Waals surface area contributed by atoms with E-state index in [0.29, 0.717) is 12.6 Å². The highest BCUT2D eigenvalue weighted by molar-refractivity contribution is 6.30. The third-order valence-corrected chi connectivity index (χ3v) is 3.74. The van der Waals surface area contributed by atoms with Crippen molar-refractivity contribution in [2.75, 3.05) is 6.61 Å². The Hall–Kier alpha value is -0.440. The van der Waals surface area contributed by atoms with Crippen LogP contribution in [0.1, 0.15) is 44.6 Å². The molecule has 0 saturated heterocycles. The maximum Gasteiger partial charge on any atom is 0.123 e. The van der Waals surface area contributed by atoms with E-state index in [2.05, 4.69) is 5.32 Å². The molecular weight excluding hydrogens is 281 g/mol. The van der Waals surface area contributed by atoms with Gasteiger partial charge in [0.1, 0.15) is 5.75 Å². The van der Waals surface area contributed by atoms with Crippen LogP contribution < -0.4 is 10.1 Å². The van der Waals surface area contributed by atoms with Crippen LogP contribution in [0.2, 0.25) is 5.02 Å². The van der Waals surface area contributed by atoms with E-state index in [1.54, 1.807) is 0 Å². The molecule has 2 rings (SSSR count). The van der Waals surface area contributed by atoms with Gasteiger partial charge in [-0.3, -0.25) is 0 Å². The van der Waals surface area contributed by atoms with Crippen LogP contribution in [0, 0.1) is 0 Å². The average molecular weight is 304 g/mol. The fraction of sp³-hybridized carbons (Fsp3) is 0.600. The average Bonchev–Trinajstić information content (AvgIpc) is 2.40. The first-order chi connectivity index (χ1) is 8.79. The molecular formula is C15H23Cl2NO. The summed E-state index contributed by atoms with van der Waals surface area (Å²) < 4.78 is 5.63. The van der Waals surface area contributed by atoms with E-state index in [1.807, 2.05) is 25.1 Å². The molecule has 19 heavy (non-hydrogen) atoms. The van der Waals surface area contributed by atoms with Gasteiger partial charge in [-0.25, -0.2) is 0 Å². The van der Waals surface area contributed by atoms with Crippen molar-refractivity contribution in [3.8, 4) is 5.75 Å². The van der Waals surface area contributed by atoms with E-state index < -0.39 is 0 Å². The fourth-order valence-electron chi connectivity index (χ4n) is 2.54. The van der Waals surface area contributed by atoms with Crippen LogP contribution in [0.5, 0.6) is 5.75 Å². The van der Waals surface area contributed by atoms with Gasteiger partial charge in [0.25, 0.3) is 0 Å². The Morgan fingerprint density at radius 2 is 2.00 bits per heavy atom. The molecule has 1 saturated carbocycles. The fourth-order valence-corrected chi connectivity index (χ4v) is 2.74. The first-order valence-electron chi connectivity index (χ1n) is 6.94. The number of hydrogen-bond donors (Lipinski definition) is 1. The summed E-state index contributed by atoms with van der Waals surface area (Å²) >= 11 is 6.06. The maximum atomic E-state index is 6.06. The van der Waals surface area contributed by atoms with Crippen molar-refractivity contribution in [3.63, 3.8) is 0 Å². The normalized spacial score (nSPS) is 15.9. The zero-order chi connectivity index (χ0) is 12.8. The molecule has 2 nitrogen and oxygen atoms in total. The van der Waals surface area contributed by atoms with Gasteiger partial charge < -0.3 is 10.1 Å². The lowest BCUT2D eigenvalue weighted by molar-refractivity contribution is 0.330. The first-order valence-corrected chi connectivity index (χ1v) is 7.32. The topological polar surface area (TPSA) is 21.3 Å². The molecule has 0 radical (unpaired) electrons. The van der Waals surface area contributed by atoms with Gasteiger partial charge >= 0.3 is 0 Å². The molecule has 0 spiro atoms. The highest BCUT2D eigenvalue weighted by Gasteiger charge is 2.13. The van der Waals surface area contributed by atoms with Crippen LogP contribution >= 0.6 is 24.0 Å². The molecule has 0 aliphatic heterocycles. The number of nitrogens with one attached hydrogen (secondary N) is 1. The smallest absolute Gasteiger partial charge is 0.123 e. The Kier molecular flexibility index (Phi) is 7.59. The van der Waals surface area contributed by atoms with Gasteiger partial charge in [-0.05, 0) is 38.0 Å². The number of hydrogen-bond acceptors (Lipinski definition) is 2. The van der Waals surface area contributed by atoms with Crippen LogP contribution in [0.4, 0.5) is 0 Å². The van der Waals surface area contributed by atoms with E-state index in [4.69, 9.17) is 16.3 Å². The van der Waals surface area contributed by atoms with Crippen LogP contribution in [-0.4, -0.2) is 12.6 Å². The van der Waals surface area contributed by atoms with E-state index in [0.717, 1.165) is 22.9 Å². The third kappa shape index (κ3) is 5.21. The van der Waals surface area contributed by atoms with Gasteiger partial charge in [-0.1, -0.05) is 30.9 Å². The quantitative estimate of drug-likeness (QED) is 0.859. The zero-order valence-corrected chi connectivity index (χ0v) is 13.0. The van der Waals surface area contributed by atoms with Gasteiger partial charge in [0, 0.05) is 23.2 Å². The Morgan fingerprint density at radius 3 is 2.68 bits per heavy atom. The summed E-state index contributed by atoms with van der Waals surface area (Å²) in [5.41, 5.74) is 1.16. The van der Waals surface area contributed by atoms with Crippen molar-refractivity contribution in [2.24, 2.45) is 0 Å². The van der Waals surface area contributed by atoms with Crippen molar-refractivity contribution in [3.05, 3.63) is 28.8 Å². The summed E-state index contributed by atoms with van der Waals surface area (Å²) in [6.45, 7) is 3.55. The van der Waals surface area contributed by atoms with E-state index in [9.17, 15) is 0 Å². The molecule has 0 amide bonds. The van der Waals surface area contributed by atoms with Crippen molar-refractivity contribution < 1.29 is 4.74 Å². The molecule has 1 aromatic carbocycles. The Labute approximate surface area is 127 Å². The van der Waals surface area contributed by atoms with Gasteiger partial charge in [0.05, 0.1) is 6.61 Å². The molecule has 0 aromatic heterocycles. The lowest BCUT2D eigenvalue weighted by Gasteiger charge is -2.23. The van der Waals surface area contributed by atoms with E-state index in [-0.39, 0.29) is 12.4 Å². The summed E-state index contributed by atoms with van der Waals surface area (Å²) in [6.07, 6.45) is 6.69. The lowest BCUT2D eigenvalue weighted by atomic mass is 9.95. The minimum atomic E-state index is 0. The molecule has 1 aliphatic carbocycles. The highest BCUT2D eigenvalue weighted by atomic mass is 35.5. The van der Waals surface area contributed by atoms with E-state index in [1.165, 1.54) is 32.1 Å². The Balaban J connectivity index is 0.00000180. The van der Waals surface area contributed by atoms with Crippen LogP contribution in [0.15, 0.2) is 18.2 Å². The van der Waals surface area contributed by atoms with Gasteiger partial charge in [-0.2, -0.15) is 0 Å². The second-order valence-electron chi connectivity index (χ2n) is 4.90. The molecule has 0 unspecified atom stereocenters. The minimum absolute atomic E-state index is 0. The second-order valence-corrected chi connectivity index (χ2v) is 5.34. The van der Waals surface area contributed by atoms with Crippen molar-refractivity contribution in [2.45, 2.75) is 51.6 Å². The number of ether oxygens (including phenoxy) is 1. The van der Waals surface area contributed by atoms with Gasteiger partial charge in [0.15, 0.2) is 0 Å². The zero-order valence-electron chi connectivity index (χ0n) is 11.5. The largest absolute Gasteiger partial charge is 0.494 e. The summed E-state index contributed by atoms with van der Waals surface area (Å²) in [5, 5.41) is 4.40. The molecule has 0 bridgehead atoms.